The molecule has 1 aromatic carbocycles. The fourth-order valence-electron chi connectivity index (χ4n) is 4.02. The maximum Gasteiger partial charge on any atom is 0.244 e. The number of β-amino-alcohol motifs (C(OH)–C–C–N with tert-alkyl or cyclic N) is 1. The van der Waals surface area contributed by atoms with E-state index in [0.717, 1.165) is 37.6 Å². The second-order valence-electron chi connectivity index (χ2n) is 6.76. The van der Waals surface area contributed by atoms with Gasteiger partial charge in [0.15, 0.2) is 5.58 Å². The monoisotopic (exact) mass is 350 g/mol. The van der Waals surface area contributed by atoms with Gasteiger partial charge in [-0.3, -0.25) is 4.90 Å². The number of rotatable bonds is 4. The SMILES string of the molecule is O=S(=O)(N[C@@H]1CCC[C@@H]1N1CCC(O)C1)c1cccc2ccoc12. The van der Waals surface area contributed by atoms with E-state index in [1.807, 2.05) is 6.07 Å². The molecule has 2 fully saturated rings. The molecule has 4 rings (SSSR count). The summed E-state index contributed by atoms with van der Waals surface area (Å²) in [5.74, 6) is 0. The third kappa shape index (κ3) is 2.86. The fourth-order valence-corrected chi connectivity index (χ4v) is 5.49. The van der Waals surface area contributed by atoms with Gasteiger partial charge in [-0.05, 0) is 31.4 Å². The number of benzene rings is 1. The Morgan fingerprint density at radius 3 is 2.88 bits per heavy atom. The minimum Gasteiger partial charge on any atom is -0.463 e. The van der Waals surface area contributed by atoms with Crippen LogP contribution in [-0.2, 0) is 10.0 Å². The number of furan rings is 1. The molecule has 1 aromatic heterocycles. The Balaban J connectivity index is 1.58. The fraction of sp³-hybridized carbons (Fsp3) is 0.529. The van der Waals surface area contributed by atoms with Crippen molar-refractivity contribution in [2.24, 2.45) is 0 Å². The number of nitrogens with one attached hydrogen (secondary N) is 1. The highest BCUT2D eigenvalue weighted by Gasteiger charge is 2.38. The molecule has 2 aliphatic rings. The molecule has 1 saturated heterocycles. The van der Waals surface area contributed by atoms with Gasteiger partial charge in [0, 0.05) is 30.6 Å². The van der Waals surface area contributed by atoms with Crippen molar-refractivity contribution in [2.45, 2.75) is 48.8 Å². The summed E-state index contributed by atoms with van der Waals surface area (Å²) < 4.78 is 34.0. The molecule has 0 amide bonds. The number of nitrogens with zero attached hydrogens (tertiary/aromatic N) is 1. The van der Waals surface area contributed by atoms with E-state index in [1.54, 1.807) is 18.2 Å². The molecule has 0 spiro atoms. The summed E-state index contributed by atoms with van der Waals surface area (Å²) in [6.07, 6.45) is 4.76. The molecule has 0 radical (unpaired) electrons. The molecule has 1 unspecified atom stereocenters. The van der Waals surface area contributed by atoms with Crippen molar-refractivity contribution in [2.75, 3.05) is 13.1 Å². The maximum absolute atomic E-state index is 12.9. The van der Waals surface area contributed by atoms with E-state index in [9.17, 15) is 13.5 Å². The Bertz CT molecular complexity index is 832. The Morgan fingerprint density at radius 1 is 1.21 bits per heavy atom. The van der Waals surface area contributed by atoms with Crippen molar-refractivity contribution in [3.8, 4) is 0 Å². The second kappa shape index (κ2) is 6.15. The number of likely N-dealkylation sites (tertiary alicyclic amines) is 1. The molecule has 24 heavy (non-hydrogen) atoms. The van der Waals surface area contributed by atoms with Crippen LogP contribution >= 0.6 is 0 Å². The third-order valence-corrected chi connectivity index (χ3v) is 6.70. The summed E-state index contributed by atoms with van der Waals surface area (Å²) >= 11 is 0. The van der Waals surface area contributed by atoms with Gasteiger partial charge in [-0.25, -0.2) is 13.1 Å². The van der Waals surface area contributed by atoms with E-state index < -0.39 is 10.0 Å². The van der Waals surface area contributed by atoms with Crippen molar-refractivity contribution in [1.82, 2.24) is 9.62 Å². The largest absolute Gasteiger partial charge is 0.463 e. The second-order valence-corrected chi connectivity index (χ2v) is 8.44. The van der Waals surface area contributed by atoms with Crippen LogP contribution < -0.4 is 4.72 Å². The van der Waals surface area contributed by atoms with Crippen LogP contribution in [0.1, 0.15) is 25.7 Å². The van der Waals surface area contributed by atoms with E-state index in [4.69, 9.17) is 4.42 Å². The number of hydrogen-bond donors (Lipinski definition) is 2. The molecular formula is C17H22N2O4S. The van der Waals surface area contributed by atoms with Crippen molar-refractivity contribution >= 4 is 21.0 Å². The van der Waals surface area contributed by atoms with Gasteiger partial charge in [0.1, 0.15) is 4.90 Å². The van der Waals surface area contributed by atoms with E-state index in [-0.39, 0.29) is 23.1 Å². The normalized spacial score (nSPS) is 28.8. The molecule has 0 bridgehead atoms. The standard InChI is InChI=1S/C17H22N2O4S/c20-13-7-9-19(11-13)15-5-2-4-14(15)18-24(21,22)16-6-1-3-12-8-10-23-17(12)16/h1,3,6,8,10,13-15,18,20H,2,4-5,7,9,11H2/t13?,14-,15+/m1/s1. The molecule has 2 aromatic rings. The molecule has 1 aliphatic heterocycles. The number of sulfonamides is 1. The van der Waals surface area contributed by atoms with Crippen molar-refractivity contribution in [3.05, 3.63) is 30.5 Å². The zero-order chi connectivity index (χ0) is 16.7. The van der Waals surface area contributed by atoms with Crippen molar-refractivity contribution in [1.29, 1.82) is 0 Å². The van der Waals surface area contributed by atoms with Crippen LogP contribution in [0, 0.1) is 0 Å². The lowest BCUT2D eigenvalue weighted by atomic mass is 10.1. The minimum atomic E-state index is -3.65. The molecule has 7 heteroatoms. The first-order valence-electron chi connectivity index (χ1n) is 8.45. The highest BCUT2D eigenvalue weighted by molar-refractivity contribution is 7.89. The summed E-state index contributed by atoms with van der Waals surface area (Å²) in [5.41, 5.74) is 0.399. The quantitative estimate of drug-likeness (QED) is 0.877. The highest BCUT2D eigenvalue weighted by Crippen LogP contribution is 2.30. The smallest absolute Gasteiger partial charge is 0.244 e. The van der Waals surface area contributed by atoms with E-state index in [0.29, 0.717) is 12.1 Å². The molecular weight excluding hydrogens is 328 g/mol. The van der Waals surface area contributed by atoms with Gasteiger partial charge in [-0.1, -0.05) is 18.6 Å². The van der Waals surface area contributed by atoms with Crippen LogP contribution in [0.3, 0.4) is 0 Å². The average molecular weight is 350 g/mol. The first-order valence-corrected chi connectivity index (χ1v) is 9.93. The third-order valence-electron chi connectivity index (χ3n) is 5.18. The molecule has 130 valence electrons. The number of aliphatic hydroxyl groups is 1. The van der Waals surface area contributed by atoms with E-state index in [1.165, 1.54) is 6.26 Å². The topological polar surface area (TPSA) is 82.8 Å². The molecule has 2 N–H and O–H groups in total. The van der Waals surface area contributed by atoms with E-state index in [2.05, 4.69) is 9.62 Å². The van der Waals surface area contributed by atoms with Crippen molar-refractivity contribution in [3.63, 3.8) is 0 Å². The highest BCUT2D eigenvalue weighted by atomic mass is 32.2. The van der Waals surface area contributed by atoms with Gasteiger partial charge in [0.05, 0.1) is 12.4 Å². The minimum absolute atomic E-state index is 0.120. The van der Waals surface area contributed by atoms with Gasteiger partial charge in [-0.2, -0.15) is 0 Å². The summed E-state index contributed by atoms with van der Waals surface area (Å²) in [4.78, 5) is 2.41. The van der Waals surface area contributed by atoms with Crippen LogP contribution in [0.2, 0.25) is 0 Å². The average Bonchev–Trinajstić information content (AvgIpc) is 3.26. The van der Waals surface area contributed by atoms with E-state index >= 15 is 0 Å². The summed E-state index contributed by atoms with van der Waals surface area (Å²) in [5, 5.41) is 10.5. The molecule has 2 heterocycles. The molecule has 1 aliphatic carbocycles. The zero-order valence-corrected chi connectivity index (χ0v) is 14.2. The van der Waals surface area contributed by atoms with Gasteiger partial charge < -0.3 is 9.52 Å². The zero-order valence-electron chi connectivity index (χ0n) is 13.4. The summed E-state index contributed by atoms with van der Waals surface area (Å²) in [6.45, 7) is 1.47. The lowest BCUT2D eigenvalue weighted by Gasteiger charge is -2.29. The predicted octanol–water partition coefficient (Wildman–Crippen LogP) is 1.70. The van der Waals surface area contributed by atoms with Gasteiger partial charge in [0.2, 0.25) is 10.0 Å². The Labute approximate surface area is 141 Å². The first kappa shape index (κ1) is 16.1. The Hall–Kier alpha value is -1.41. The number of hydrogen-bond acceptors (Lipinski definition) is 5. The predicted molar refractivity (Wildman–Crippen MR) is 90.2 cm³/mol. The van der Waals surface area contributed by atoms with Crippen molar-refractivity contribution < 1.29 is 17.9 Å². The van der Waals surface area contributed by atoms with Crippen LogP contribution in [0.25, 0.3) is 11.0 Å². The lowest BCUT2D eigenvalue weighted by molar-refractivity contribution is 0.153. The van der Waals surface area contributed by atoms with Gasteiger partial charge >= 0.3 is 0 Å². The molecule has 6 nitrogen and oxygen atoms in total. The molecule has 3 atom stereocenters. The number of para-hydroxylation sites is 1. The maximum atomic E-state index is 12.9. The Morgan fingerprint density at radius 2 is 2.08 bits per heavy atom. The lowest BCUT2D eigenvalue weighted by Crippen LogP contribution is -2.48. The summed E-state index contributed by atoms with van der Waals surface area (Å²) in [6, 6.07) is 6.95. The van der Waals surface area contributed by atoms with Crippen LogP contribution in [-0.4, -0.2) is 49.7 Å². The first-order chi connectivity index (χ1) is 11.5. The number of aliphatic hydroxyl groups excluding tert-OH is 1. The van der Waals surface area contributed by atoms with Gasteiger partial charge in [0.25, 0.3) is 0 Å². The Kier molecular flexibility index (Phi) is 4.12. The van der Waals surface area contributed by atoms with Crippen LogP contribution in [0.5, 0.6) is 0 Å². The summed E-state index contributed by atoms with van der Waals surface area (Å²) in [7, 11) is -3.65. The van der Waals surface area contributed by atoms with Gasteiger partial charge in [-0.15, -0.1) is 0 Å². The van der Waals surface area contributed by atoms with Crippen LogP contribution in [0.15, 0.2) is 39.8 Å². The molecule has 1 saturated carbocycles. The van der Waals surface area contributed by atoms with Crippen LogP contribution in [0.4, 0.5) is 0 Å². The number of fused-ring (bicyclic) bond motifs is 1.